The first-order chi connectivity index (χ1) is 12.7. The van der Waals surface area contributed by atoms with E-state index in [9.17, 15) is 4.79 Å². The normalized spacial score (nSPS) is 25.5. The number of para-hydroxylation sites is 1. The van der Waals surface area contributed by atoms with E-state index in [1.165, 1.54) is 0 Å². The summed E-state index contributed by atoms with van der Waals surface area (Å²) < 4.78 is 5.97. The number of esters is 1. The summed E-state index contributed by atoms with van der Waals surface area (Å²) in [6.45, 7) is 3.11. The van der Waals surface area contributed by atoms with E-state index in [4.69, 9.17) is 16.3 Å². The van der Waals surface area contributed by atoms with E-state index < -0.39 is 6.04 Å². The molecule has 1 N–H and O–H groups in total. The number of hydrogen-bond acceptors (Lipinski definition) is 4. The number of carbonyl (C=O) groups excluding carboxylic acids is 1. The van der Waals surface area contributed by atoms with Crippen molar-refractivity contribution < 1.29 is 9.53 Å². The Bertz CT molecular complexity index is 742. The number of piperidine rings is 3. The highest BCUT2D eigenvalue weighted by Crippen LogP contribution is 2.31. The molecule has 0 spiro atoms. The van der Waals surface area contributed by atoms with Crippen LogP contribution in [0.3, 0.4) is 0 Å². The minimum absolute atomic E-state index is 0.00243. The number of carbonyl (C=O) groups is 1. The third-order valence-electron chi connectivity index (χ3n) is 5.39. The summed E-state index contributed by atoms with van der Waals surface area (Å²) in [7, 11) is 0. The van der Waals surface area contributed by atoms with Gasteiger partial charge in [-0.3, -0.25) is 4.90 Å². The molecule has 4 nitrogen and oxygen atoms in total. The first kappa shape index (κ1) is 17.4. The Morgan fingerprint density at radius 3 is 2.38 bits per heavy atom. The highest BCUT2D eigenvalue weighted by molar-refractivity contribution is 6.30. The Balaban J connectivity index is 1.53. The van der Waals surface area contributed by atoms with Gasteiger partial charge in [0.2, 0.25) is 0 Å². The predicted octanol–water partition coefficient (Wildman–Crippen LogP) is 4.13. The molecule has 3 heterocycles. The maximum atomic E-state index is 13.0. The van der Waals surface area contributed by atoms with Crippen molar-refractivity contribution in [3.05, 3.63) is 65.2 Å². The Kier molecular flexibility index (Phi) is 5.14. The monoisotopic (exact) mass is 370 g/mol. The number of nitrogens with zero attached hydrogens (tertiary/aromatic N) is 1. The fourth-order valence-corrected chi connectivity index (χ4v) is 4.02. The van der Waals surface area contributed by atoms with E-state index in [2.05, 4.69) is 10.2 Å². The van der Waals surface area contributed by atoms with Crippen LogP contribution in [0.15, 0.2) is 54.6 Å². The van der Waals surface area contributed by atoms with Gasteiger partial charge in [0, 0.05) is 17.3 Å². The number of halogens is 1. The first-order valence-electron chi connectivity index (χ1n) is 9.19. The second-order valence-corrected chi connectivity index (χ2v) is 7.54. The lowest BCUT2D eigenvalue weighted by Gasteiger charge is -2.44. The van der Waals surface area contributed by atoms with Crippen LogP contribution in [-0.4, -0.2) is 36.6 Å². The number of nitrogens with one attached hydrogen (secondary N) is 1. The Morgan fingerprint density at radius 2 is 1.77 bits per heavy atom. The van der Waals surface area contributed by atoms with Crippen LogP contribution in [0.1, 0.15) is 24.4 Å². The molecule has 3 saturated heterocycles. The lowest BCUT2D eigenvalue weighted by atomic mass is 9.86. The molecular formula is C21H23ClN2O2. The van der Waals surface area contributed by atoms with E-state index >= 15 is 0 Å². The molecule has 2 aromatic carbocycles. The van der Waals surface area contributed by atoms with Gasteiger partial charge in [-0.25, -0.2) is 4.79 Å². The van der Waals surface area contributed by atoms with Gasteiger partial charge in [-0.05, 0) is 61.7 Å². The molecule has 2 aromatic rings. The van der Waals surface area contributed by atoms with Crippen LogP contribution in [0, 0.1) is 5.92 Å². The number of rotatable bonds is 5. The zero-order chi connectivity index (χ0) is 17.9. The van der Waals surface area contributed by atoms with Gasteiger partial charge in [0.15, 0.2) is 6.04 Å². The quantitative estimate of drug-likeness (QED) is 0.803. The molecule has 5 heteroatoms. The molecule has 3 fully saturated rings. The summed E-state index contributed by atoms with van der Waals surface area (Å²) in [4.78, 5) is 15.4. The van der Waals surface area contributed by atoms with Gasteiger partial charge in [-0.2, -0.15) is 0 Å². The number of anilines is 1. The second kappa shape index (κ2) is 7.68. The van der Waals surface area contributed by atoms with Gasteiger partial charge < -0.3 is 10.1 Å². The third kappa shape index (κ3) is 3.87. The molecule has 5 rings (SSSR count). The van der Waals surface area contributed by atoms with E-state index in [0.717, 1.165) is 43.7 Å². The van der Waals surface area contributed by atoms with E-state index in [0.29, 0.717) is 10.9 Å². The molecule has 0 saturated carbocycles. The molecule has 2 unspecified atom stereocenters. The van der Waals surface area contributed by atoms with Crippen LogP contribution in [0.4, 0.5) is 5.69 Å². The molecule has 2 bridgehead atoms. The van der Waals surface area contributed by atoms with Crippen molar-refractivity contribution in [2.45, 2.75) is 25.0 Å². The number of hydrogen-bond donors (Lipinski definition) is 1. The van der Waals surface area contributed by atoms with Crippen molar-refractivity contribution in [3.63, 3.8) is 0 Å². The maximum absolute atomic E-state index is 13.0. The largest absolute Gasteiger partial charge is 0.459 e. The molecule has 136 valence electrons. The fraction of sp³-hybridized carbons (Fsp3) is 0.381. The van der Waals surface area contributed by atoms with Crippen LogP contribution in [0.2, 0.25) is 5.02 Å². The summed E-state index contributed by atoms with van der Waals surface area (Å²) in [5, 5.41) is 3.97. The lowest BCUT2D eigenvalue weighted by molar-refractivity contribution is -0.159. The van der Waals surface area contributed by atoms with Crippen molar-refractivity contribution in [2.75, 3.05) is 25.0 Å². The van der Waals surface area contributed by atoms with E-state index in [-0.39, 0.29) is 12.1 Å². The van der Waals surface area contributed by atoms with Crippen molar-refractivity contribution >= 4 is 23.3 Å². The van der Waals surface area contributed by atoms with Gasteiger partial charge >= 0.3 is 5.97 Å². The summed E-state index contributed by atoms with van der Waals surface area (Å²) in [5.74, 6) is 0.265. The van der Waals surface area contributed by atoms with Crippen LogP contribution in [0.25, 0.3) is 0 Å². The molecule has 2 atom stereocenters. The van der Waals surface area contributed by atoms with Crippen LogP contribution in [-0.2, 0) is 9.53 Å². The van der Waals surface area contributed by atoms with Gasteiger partial charge in [0.05, 0.1) is 0 Å². The highest BCUT2D eigenvalue weighted by atomic mass is 35.5. The van der Waals surface area contributed by atoms with Crippen molar-refractivity contribution in [2.24, 2.45) is 5.92 Å². The number of benzene rings is 2. The Morgan fingerprint density at radius 1 is 1.08 bits per heavy atom. The Hall–Kier alpha value is -2.04. The van der Waals surface area contributed by atoms with E-state index in [1.54, 1.807) is 12.1 Å². The standard InChI is InChI=1S/C21H23ClN2O2/c22-17-8-6-16(7-9-17)20(23-18-4-2-1-3-5-18)21(25)26-19-14-24-12-10-15(19)11-13-24/h1-9,15,19-20,23H,10-14H2. The third-order valence-corrected chi connectivity index (χ3v) is 5.64. The summed E-state index contributed by atoms with van der Waals surface area (Å²) in [6.07, 6.45) is 2.24. The van der Waals surface area contributed by atoms with Gasteiger partial charge in [0.25, 0.3) is 0 Å². The van der Waals surface area contributed by atoms with Crippen molar-refractivity contribution in [1.82, 2.24) is 4.90 Å². The molecule has 0 amide bonds. The second-order valence-electron chi connectivity index (χ2n) is 7.11. The van der Waals surface area contributed by atoms with Crippen LogP contribution < -0.4 is 5.32 Å². The average molecular weight is 371 g/mol. The lowest BCUT2D eigenvalue weighted by Crippen LogP contribution is -2.52. The molecule has 0 aromatic heterocycles. The van der Waals surface area contributed by atoms with Gasteiger partial charge in [-0.1, -0.05) is 41.9 Å². The smallest absolute Gasteiger partial charge is 0.333 e. The van der Waals surface area contributed by atoms with Crippen molar-refractivity contribution in [1.29, 1.82) is 0 Å². The fourth-order valence-electron chi connectivity index (χ4n) is 3.90. The average Bonchev–Trinajstić information content (AvgIpc) is 2.69. The predicted molar refractivity (Wildman–Crippen MR) is 103 cm³/mol. The van der Waals surface area contributed by atoms with Gasteiger partial charge in [0.1, 0.15) is 6.10 Å². The zero-order valence-electron chi connectivity index (χ0n) is 14.6. The first-order valence-corrected chi connectivity index (χ1v) is 9.57. The Labute approximate surface area is 159 Å². The molecule has 0 radical (unpaired) electrons. The SMILES string of the molecule is O=C(OC1CN2CCC1CC2)C(Nc1ccccc1)c1ccc(Cl)cc1. The molecule has 3 aliphatic heterocycles. The summed E-state index contributed by atoms with van der Waals surface area (Å²) in [5.41, 5.74) is 1.74. The maximum Gasteiger partial charge on any atom is 0.333 e. The minimum atomic E-state index is -0.551. The van der Waals surface area contributed by atoms with Gasteiger partial charge in [-0.15, -0.1) is 0 Å². The summed E-state index contributed by atoms with van der Waals surface area (Å²) >= 11 is 6.01. The van der Waals surface area contributed by atoms with E-state index in [1.807, 2.05) is 42.5 Å². The molecule has 26 heavy (non-hydrogen) atoms. The molecular weight excluding hydrogens is 348 g/mol. The van der Waals surface area contributed by atoms with Crippen molar-refractivity contribution in [3.8, 4) is 0 Å². The van der Waals surface area contributed by atoms with Crippen LogP contribution in [0.5, 0.6) is 0 Å². The number of fused-ring (bicyclic) bond motifs is 3. The number of ether oxygens (including phenoxy) is 1. The topological polar surface area (TPSA) is 41.6 Å². The minimum Gasteiger partial charge on any atom is -0.459 e. The molecule has 3 aliphatic rings. The summed E-state index contributed by atoms with van der Waals surface area (Å²) in [6, 6.07) is 16.5. The van der Waals surface area contributed by atoms with Crippen LogP contribution >= 0.6 is 11.6 Å². The highest BCUT2D eigenvalue weighted by Gasteiger charge is 2.37. The molecule has 0 aliphatic carbocycles. The zero-order valence-corrected chi connectivity index (χ0v) is 15.4.